The second-order valence-electron chi connectivity index (χ2n) is 4.48. The van der Waals surface area contributed by atoms with E-state index < -0.39 is 10.0 Å². The van der Waals surface area contributed by atoms with E-state index in [0.29, 0.717) is 5.69 Å². The van der Waals surface area contributed by atoms with Crippen LogP contribution >= 0.6 is 12.4 Å². The fourth-order valence-corrected chi connectivity index (χ4v) is 2.70. The number of nitrogens with one attached hydrogen (secondary N) is 2. The number of anilines is 1. The molecule has 1 aromatic carbocycles. The van der Waals surface area contributed by atoms with Gasteiger partial charge in [0.25, 0.3) is 0 Å². The second kappa shape index (κ2) is 7.03. The number of carbonyl (C=O) groups excluding carboxylic acids is 1. The number of hydrogen-bond donors (Lipinski definition) is 3. The van der Waals surface area contributed by atoms with E-state index in [0.717, 1.165) is 12.8 Å². The highest BCUT2D eigenvalue weighted by Crippen LogP contribution is 2.30. The smallest absolute Gasteiger partial charge is 0.240 e. The molecule has 20 heavy (non-hydrogen) atoms. The van der Waals surface area contributed by atoms with Crippen molar-refractivity contribution in [3.05, 3.63) is 24.3 Å². The Kier molecular flexibility index (Phi) is 5.94. The highest BCUT2D eigenvalue weighted by Gasteiger charge is 2.29. The summed E-state index contributed by atoms with van der Waals surface area (Å²) in [5.41, 5.74) is 5.76. The van der Waals surface area contributed by atoms with Gasteiger partial charge in [-0.2, -0.15) is 0 Å². The minimum absolute atomic E-state index is 0. The van der Waals surface area contributed by atoms with Gasteiger partial charge in [0.1, 0.15) is 0 Å². The zero-order valence-electron chi connectivity index (χ0n) is 10.8. The Morgan fingerprint density at radius 2 is 2.05 bits per heavy atom. The van der Waals surface area contributed by atoms with Gasteiger partial charge < -0.3 is 11.1 Å². The molecule has 0 heterocycles. The summed E-state index contributed by atoms with van der Waals surface area (Å²) in [6.07, 6.45) is 1.81. The molecule has 1 fully saturated rings. The van der Waals surface area contributed by atoms with Crippen molar-refractivity contribution in [1.29, 1.82) is 0 Å². The molecule has 0 spiro atoms. The van der Waals surface area contributed by atoms with Gasteiger partial charge in [-0.1, -0.05) is 6.07 Å². The zero-order valence-corrected chi connectivity index (χ0v) is 12.5. The summed E-state index contributed by atoms with van der Waals surface area (Å²) in [6, 6.07) is 6.19. The van der Waals surface area contributed by atoms with Crippen LogP contribution in [0.3, 0.4) is 0 Å². The highest BCUT2D eigenvalue weighted by molar-refractivity contribution is 7.89. The number of nitrogens with two attached hydrogens (primary N) is 1. The van der Waals surface area contributed by atoms with Gasteiger partial charge in [0.2, 0.25) is 15.9 Å². The van der Waals surface area contributed by atoms with E-state index >= 15 is 0 Å². The molecule has 0 radical (unpaired) electrons. The van der Waals surface area contributed by atoms with Gasteiger partial charge in [-0.05, 0) is 31.0 Å². The molecule has 4 N–H and O–H groups in total. The summed E-state index contributed by atoms with van der Waals surface area (Å²) < 4.78 is 26.2. The van der Waals surface area contributed by atoms with Crippen LogP contribution in [0, 0.1) is 5.92 Å². The SMILES string of the molecule is Cl.NCCNS(=O)(=O)c1cccc(NC(=O)C2CC2)c1. The van der Waals surface area contributed by atoms with Crippen molar-refractivity contribution in [3.63, 3.8) is 0 Å². The number of rotatable bonds is 6. The Hall–Kier alpha value is -1.15. The van der Waals surface area contributed by atoms with Gasteiger partial charge >= 0.3 is 0 Å². The van der Waals surface area contributed by atoms with E-state index in [1.807, 2.05) is 0 Å². The molecule has 1 saturated carbocycles. The normalized spacial score (nSPS) is 14.4. The number of hydrogen-bond acceptors (Lipinski definition) is 4. The second-order valence-corrected chi connectivity index (χ2v) is 6.24. The number of benzene rings is 1. The molecule has 6 nitrogen and oxygen atoms in total. The first-order valence-corrected chi connectivity index (χ1v) is 7.62. The number of amides is 1. The molecule has 0 unspecified atom stereocenters. The minimum atomic E-state index is -3.57. The van der Waals surface area contributed by atoms with Gasteiger partial charge in [-0.3, -0.25) is 4.79 Å². The molecule has 2 rings (SSSR count). The van der Waals surface area contributed by atoms with Crippen LogP contribution < -0.4 is 15.8 Å². The molecule has 1 aromatic rings. The first kappa shape index (κ1) is 16.9. The molecular weight excluding hydrogens is 302 g/mol. The maximum Gasteiger partial charge on any atom is 0.240 e. The summed E-state index contributed by atoms with van der Waals surface area (Å²) in [4.78, 5) is 11.7. The van der Waals surface area contributed by atoms with Crippen LogP contribution in [-0.2, 0) is 14.8 Å². The summed E-state index contributed by atoms with van der Waals surface area (Å²) in [5.74, 6) is 0.0279. The molecule has 0 saturated heterocycles. The molecule has 1 aliphatic carbocycles. The Morgan fingerprint density at radius 3 is 2.65 bits per heavy atom. The minimum Gasteiger partial charge on any atom is -0.329 e. The van der Waals surface area contributed by atoms with Crippen LogP contribution in [0.4, 0.5) is 5.69 Å². The topological polar surface area (TPSA) is 101 Å². The van der Waals surface area contributed by atoms with Gasteiger partial charge in [0.05, 0.1) is 4.90 Å². The maximum absolute atomic E-state index is 11.9. The monoisotopic (exact) mass is 319 g/mol. The quantitative estimate of drug-likeness (QED) is 0.718. The first-order chi connectivity index (χ1) is 9.03. The summed E-state index contributed by atoms with van der Waals surface area (Å²) in [6.45, 7) is 0.415. The van der Waals surface area contributed by atoms with Gasteiger partial charge in [0.15, 0.2) is 0 Å². The number of carbonyl (C=O) groups is 1. The zero-order chi connectivity index (χ0) is 13.9. The molecule has 0 atom stereocenters. The first-order valence-electron chi connectivity index (χ1n) is 6.13. The molecule has 0 aromatic heterocycles. The summed E-state index contributed by atoms with van der Waals surface area (Å²) >= 11 is 0. The average molecular weight is 320 g/mol. The Balaban J connectivity index is 0.00000200. The van der Waals surface area contributed by atoms with Crippen LogP contribution in [0.15, 0.2) is 29.2 Å². The van der Waals surface area contributed by atoms with Crippen LogP contribution in [0.1, 0.15) is 12.8 Å². The van der Waals surface area contributed by atoms with Crippen molar-refractivity contribution in [2.24, 2.45) is 11.7 Å². The third-order valence-corrected chi connectivity index (χ3v) is 4.26. The van der Waals surface area contributed by atoms with E-state index in [2.05, 4.69) is 10.0 Å². The molecular formula is C12H18ClN3O3S. The lowest BCUT2D eigenvalue weighted by molar-refractivity contribution is -0.117. The van der Waals surface area contributed by atoms with Crippen molar-refractivity contribution in [3.8, 4) is 0 Å². The van der Waals surface area contributed by atoms with E-state index in [-0.39, 0.29) is 42.2 Å². The van der Waals surface area contributed by atoms with Crippen LogP contribution in [-0.4, -0.2) is 27.4 Å². The maximum atomic E-state index is 11.9. The van der Waals surface area contributed by atoms with Crippen LogP contribution in [0.5, 0.6) is 0 Å². The Morgan fingerprint density at radius 1 is 1.35 bits per heavy atom. The average Bonchev–Trinajstić information content (AvgIpc) is 3.21. The third-order valence-electron chi connectivity index (χ3n) is 2.80. The van der Waals surface area contributed by atoms with Gasteiger partial charge in [-0.15, -0.1) is 12.4 Å². The van der Waals surface area contributed by atoms with Crippen LogP contribution in [0.25, 0.3) is 0 Å². The highest BCUT2D eigenvalue weighted by atomic mass is 35.5. The Labute approximate surface area is 124 Å². The third kappa shape index (κ3) is 4.45. The molecule has 0 bridgehead atoms. The lowest BCUT2D eigenvalue weighted by Gasteiger charge is -2.08. The number of halogens is 1. The fourth-order valence-electron chi connectivity index (χ4n) is 1.61. The van der Waals surface area contributed by atoms with Crippen molar-refractivity contribution < 1.29 is 13.2 Å². The molecule has 1 aliphatic rings. The van der Waals surface area contributed by atoms with Gasteiger partial charge in [0, 0.05) is 24.7 Å². The fraction of sp³-hybridized carbons (Fsp3) is 0.417. The molecule has 8 heteroatoms. The molecule has 1 amide bonds. The predicted octanol–water partition coefficient (Wildman–Crippen LogP) is 0.694. The van der Waals surface area contributed by atoms with Crippen molar-refractivity contribution in [2.75, 3.05) is 18.4 Å². The van der Waals surface area contributed by atoms with E-state index in [4.69, 9.17) is 5.73 Å². The predicted molar refractivity (Wildman–Crippen MR) is 79.3 cm³/mol. The standard InChI is InChI=1S/C12H17N3O3S.ClH/c13-6-7-14-19(17,18)11-3-1-2-10(8-11)15-12(16)9-4-5-9;/h1-3,8-9,14H,4-7,13H2,(H,15,16);1H. The molecule has 112 valence electrons. The van der Waals surface area contributed by atoms with Gasteiger partial charge in [-0.25, -0.2) is 13.1 Å². The van der Waals surface area contributed by atoms with E-state index in [1.165, 1.54) is 12.1 Å². The number of sulfonamides is 1. The van der Waals surface area contributed by atoms with Crippen molar-refractivity contribution in [2.45, 2.75) is 17.7 Å². The summed E-state index contributed by atoms with van der Waals surface area (Å²) in [5, 5.41) is 2.72. The molecule has 0 aliphatic heterocycles. The largest absolute Gasteiger partial charge is 0.329 e. The van der Waals surface area contributed by atoms with E-state index in [9.17, 15) is 13.2 Å². The van der Waals surface area contributed by atoms with E-state index in [1.54, 1.807) is 12.1 Å². The van der Waals surface area contributed by atoms with Crippen molar-refractivity contribution in [1.82, 2.24) is 4.72 Å². The Bertz CT molecular complexity index is 573. The lowest BCUT2D eigenvalue weighted by Crippen LogP contribution is -2.29. The van der Waals surface area contributed by atoms with Crippen LogP contribution in [0.2, 0.25) is 0 Å². The lowest BCUT2D eigenvalue weighted by atomic mass is 10.3. The summed E-state index contributed by atoms with van der Waals surface area (Å²) in [7, 11) is -3.57. The van der Waals surface area contributed by atoms with Crippen molar-refractivity contribution >= 4 is 34.0 Å².